The van der Waals surface area contributed by atoms with Crippen LogP contribution in [0.25, 0.3) is 5.69 Å². The highest BCUT2D eigenvalue weighted by atomic mass is 16.6. The summed E-state index contributed by atoms with van der Waals surface area (Å²) in [5, 5.41) is 21.7. The summed E-state index contributed by atoms with van der Waals surface area (Å²) in [7, 11) is 1.19. The zero-order chi connectivity index (χ0) is 15.6. The zero-order valence-electron chi connectivity index (χ0n) is 10.8. The van der Waals surface area contributed by atoms with Gasteiger partial charge in [0.05, 0.1) is 28.7 Å². The van der Waals surface area contributed by atoms with Gasteiger partial charge in [0.2, 0.25) is 0 Å². The summed E-state index contributed by atoms with van der Waals surface area (Å²) in [6, 6.07) is 6.09. The first-order valence-corrected chi connectivity index (χ1v) is 5.64. The number of methoxy groups -OCH3 is 1. The maximum atomic E-state index is 11.6. The van der Waals surface area contributed by atoms with Crippen molar-refractivity contribution in [3.63, 3.8) is 0 Å². The number of ether oxygens (including phenoxy) is 1. The molecule has 0 N–H and O–H groups in total. The molecule has 0 saturated heterocycles. The van der Waals surface area contributed by atoms with E-state index >= 15 is 0 Å². The van der Waals surface area contributed by atoms with Gasteiger partial charge in [-0.3, -0.25) is 20.2 Å². The number of rotatable bonds is 4. The third kappa shape index (κ3) is 2.71. The highest BCUT2D eigenvalue weighted by Crippen LogP contribution is 2.26. The minimum absolute atomic E-state index is 0.104. The molecule has 2 aromatic rings. The molecular formula is C12H9N3O6. The number of carbonyl (C=O) groups is 1. The lowest BCUT2D eigenvalue weighted by molar-refractivity contribution is -0.394. The standard InChI is InChI=1S/C12H9N3O6/c1-21-12(16)11-3-2-4-13(11)8-5-9(14(17)18)7-10(6-8)15(19)20/h2-7H,1H3. The van der Waals surface area contributed by atoms with Crippen molar-refractivity contribution in [2.75, 3.05) is 7.11 Å². The van der Waals surface area contributed by atoms with Gasteiger partial charge in [0, 0.05) is 18.3 Å². The molecule has 0 aliphatic heterocycles. The SMILES string of the molecule is COC(=O)c1cccn1-c1cc([N+](=O)[O-])cc([N+](=O)[O-])c1. The second-order valence-corrected chi connectivity index (χ2v) is 3.98. The van der Waals surface area contributed by atoms with Gasteiger partial charge in [0.25, 0.3) is 11.4 Å². The number of nitrogens with zero attached hydrogens (tertiary/aromatic N) is 3. The first-order chi connectivity index (χ1) is 9.93. The number of nitro benzene ring substituents is 2. The minimum atomic E-state index is -0.738. The summed E-state index contributed by atoms with van der Waals surface area (Å²) < 4.78 is 5.87. The van der Waals surface area contributed by atoms with Crippen LogP contribution in [0.3, 0.4) is 0 Å². The second kappa shape index (κ2) is 5.41. The van der Waals surface area contributed by atoms with E-state index < -0.39 is 27.2 Å². The first kappa shape index (κ1) is 14.2. The van der Waals surface area contributed by atoms with Crippen LogP contribution in [0.15, 0.2) is 36.5 Å². The molecule has 21 heavy (non-hydrogen) atoms. The van der Waals surface area contributed by atoms with Crippen molar-refractivity contribution in [1.29, 1.82) is 0 Å². The molecule has 0 aliphatic carbocycles. The molecule has 1 aromatic heterocycles. The first-order valence-electron chi connectivity index (χ1n) is 5.64. The Morgan fingerprint density at radius 2 is 1.71 bits per heavy atom. The summed E-state index contributed by atoms with van der Waals surface area (Å²) >= 11 is 0. The molecular weight excluding hydrogens is 282 g/mol. The van der Waals surface area contributed by atoms with Crippen LogP contribution in [0.5, 0.6) is 0 Å². The fourth-order valence-electron chi connectivity index (χ4n) is 1.81. The van der Waals surface area contributed by atoms with Crippen molar-refractivity contribution in [1.82, 2.24) is 4.57 Å². The van der Waals surface area contributed by atoms with E-state index in [1.165, 1.54) is 30.0 Å². The smallest absolute Gasteiger partial charge is 0.355 e. The van der Waals surface area contributed by atoms with Gasteiger partial charge in [-0.2, -0.15) is 0 Å². The number of hydrogen-bond donors (Lipinski definition) is 0. The number of aromatic nitrogens is 1. The average molecular weight is 291 g/mol. The molecule has 0 saturated carbocycles. The van der Waals surface area contributed by atoms with E-state index in [1.54, 1.807) is 0 Å². The Morgan fingerprint density at radius 3 is 2.19 bits per heavy atom. The van der Waals surface area contributed by atoms with Crippen LogP contribution in [-0.2, 0) is 4.74 Å². The third-order valence-corrected chi connectivity index (χ3v) is 2.73. The molecule has 0 spiro atoms. The molecule has 0 amide bonds. The normalized spacial score (nSPS) is 10.1. The van der Waals surface area contributed by atoms with Crippen LogP contribution >= 0.6 is 0 Å². The summed E-state index contributed by atoms with van der Waals surface area (Å²) in [4.78, 5) is 31.8. The number of hydrogen-bond acceptors (Lipinski definition) is 6. The summed E-state index contributed by atoms with van der Waals surface area (Å²) in [6.45, 7) is 0. The molecule has 9 nitrogen and oxygen atoms in total. The number of carbonyl (C=O) groups excluding carboxylic acids is 1. The van der Waals surface area contributed by atoms with Crippen LogP contribution in [0, 0.1) is 20.2 Å². The maximum Gasteiger partial charge on any atom is 0.355 e. The molecule has 0 aliphatic rings. The van der Waals surface area contributed by atoms with Crippen molar-refractivity contribution < 1.29 is 19.4 Å². The molecule has 0 fully saturated rings. The quantitative estimate of drug-likeness (QED) is 0.483. The molecule has 0 atom stereocenters. The Balaban J connectivity index is 2.64. The monoisotopic (exact) mass is 291 g/mol. The number of nitro groups is 2. The zero-order valence-corrected chi connectivity index (χ0v) is 10.8. The van der Waals surface area contributed by atoms with Gasteiger partial charge in [-0.15, -0.1) is 0 Å². The van der Waals surface area contributed by atoms with Gasteiger partial charge in [-0.1, -0.05) is 0 Å². The highest BCUT2D eigenvalue weighted by molar-refractivity contribution is 5.88. The Bertz CT molecular complexity index is 704. The molecule has 1 aromatic carbocycles. The molecule has 9 heteroatoms. The summed E-state index contributed by atoms with van der Waals surface area (Å²) in [6.07, 6.45) is 1.45. The second-order valence-electron chi connectivity index (χ2n) is 3.98. The van der Waals surface area contributed by atoms with Crippen molar-refractivity contribution >= 4 is 17.3 Å². The van der Waals surface area contributed by atoms with Crippen molar-refractivity contribution in [2.24, 2.45) is 0 Å². The Labute approximate surface area is 117 Å². The Kier molecular flexibility index (Phi) is 3.65. The maximum absolute atomic E-state index is 11.6. The fraction of sp³-hybridized carbons (Fsp3) is 0.0833. The molecule has 2 rings (SSSR count). The predicted octanol–water partition coefficient (Wildman–Crippen LogP) is 2.08. The predicted molar refractivity (Wildman–Crippen MR) is 70.4 cm³/mol. The number of non-ortho nitro benzene ring substituents is 2. The topological polar surface area (TPSA) is 118 Å². The Hall–Kier alpha value is -3.23. The molecule has 0 radical (unpaired) electrons. The van der Waals surface area contributed by atoms with Gasteiger partial charge >= 0.3 is 5.97 Å². The molecule has 1 heterocycles. The number of benzene rings is 1. The largest absolute Gasteiger partial charge is 0.464 e. The fourth-order valence-corrected chi connectivity index (χ4v) is 1.81. The van der Waals surface area contributed by atoms with E-state index in [9.17, 15) is 25.0 Å². The van der Waals surface area contributed by atoms with E-state index in [1.807, 2.05) is 0 Å². The van der Waals surface area contributed by atoms with Crippen LogP contribution in [0.1, 0.15) is 10.5 Å². The van der Waals surface area contributed by atoms with Crippen molar-refractivity contribution in [3.05, 3.63) is 62.5 Å². The van der Waals surface area contributed by atoms with E-state index in [0.717, 1.165) is 18.2 Å². The van der Waals surface area contributed by atoms with Crippen LogP contribution in [0.2, 0.25) is 0 Å². The van der Waals surface area contributed by atoms with Crippen LogP contribution in [-0.4, -0.2) is 27.5 Å². The van der Waals surface area contributed by atoms with Crippen LogP contribution in [0.4, 0.5) is 11.4 Å². The summed E-state index contributed by atoms with van der Waals surface area (Å²) in [5.74, 6) is -0.658. The lowest BCUT2D eigenvalue weighted by Crippen LogP contribution is -2.09. The lowest BCUT2D eigenvalue weighted by Gasteiger charge is -2.07. The van der Waals surface area contributed by atoms with E-state index in [2.05, 4.69) is 4.74 Å². The van der Waals surface area contributed by atoms with Crippen LogP contribution < -0.4 is 0 Å². The van der Waals surface area contributed by atoms with E-state index in [4.69, 9.17) is 0 Å². The lowest BCUT2D eigenvalue weighted by atomic mass is 10.2. The van der Waals surface area contributed by atoms with Gasteiger partial charge in [0.1, 0.15) is 5.69 Å². The third-order valence-electron chi connectivity index (χ3n) is 2.73. The van der Waals surface area contributed by atoms with Gasteiger partial charge < -0.3 is 9.30 Å². The van der Waals surface area contributed by atoms with E-state index in [0.29, 0.717) is 0 Å². The average Bonchev–Trinajstić information content (AvgIpc) is 2.95. The van der Waals surface area contributed by atoms with E-state index in [-0.39, 0.29) is 11.4 Å². The molecule has 108 valence electrons. The van der Waals surface area contributed by atoms with Gasteiger partial charge in [0.15, 0.2) is 0 Å². The number of esters is 1. The van der Waals surface area contributed by atoms with Gasteiger partial charge in [-0.05, 0) is 12.1 Å². The van der Waals surface area contributed by atoms with Crippen molar-refractivity contribution in [2.45, 2.75) is 0 Å². The Morgan fingerprint density at radius 1 is 1.14 bits per heavy atom. The molecule has 0 bridgehead atoms. The molecule has 0 unspecified atom stereocenters. The van der Waals surface area contributed by atoms with Gasteiger partial charge in [-0.25, -0.2) is 4.79 Å². The summed E-state index contributed by atoms with van der Waals surface area (Å²) in [5.41, 5.74) is -0.652. The highest BCUT2D eigenvalue weighted by Gasteiger charge is 2.19. The van der Waals surface area contributed by atoms with Crippen molar-refractivity contribution in [3.8, 4) is 5.69 Å². The minimum Gasteiger partial charge on any atom is -0.464 e.